The van der Waals surface area contributed by atoms with Crippen LogP contribution in [0.25, 0.3) is 0 Å². The van der Waals surface area contributed by atoms with Crippen LogP contribution in [0.5, 0.6) is 0 Å². The van der Waals surface area contributed by atoms with E-state index in [0.29, 0.717) is 11.3 Å². The molecule has 7 heteroatoms. The number of benzene rings is 1. The van der Waals surface area contributed by atoms with Crippen molar-refractivity contribution >= 4 is 33.7 Å². The topological polar surface area (TPSA) is 89.3 Å². The second-order valence-electron chi connectivity index (χ2n) is 3.98. The molecule has 0 spiro atoms. The van der Waals surface area contributed by atoms with E-state index in [1.807, 2.05) is 0 Å². The summed E-state index contributed by atoms with van der Waals surface area (Å²) in [7, 11) is 0. The number of nitrogens with zero attached hydrogens (tertiary/aromatic N) is 1. The third-order valence-corrected chi connectivity index (χ3v) is 3.58. The standard InChI is InChI=1S/C13H10N2O4S/c1-8(16)9-2-4-10(5-3-9)14-13(17)11-6-7-12(20-11)15(18)19/h2-7H,1H3,(H,14,17). The minimum atomic E-state index is -0.539. The van der Waals surface area contributed by atoms with Gasteiger partial charge in [-0.1, -0.05) is 11.3 Å². The van der Waals surface area contributed by atoms with E-state index < -0.39 is 10.8 Å². The maximum absolute atomic E-state index is 11.9. The lowest BCUT2D eigenvalue weighted by Crippen LogP contribution is -2.10. The van der Waals surface area contributed by atoms with Crippen LogP contribution >= 0.6 is 11.3 Å². The molecule has 1 N–H and O–H groups in total. The molecule has 1 amide bonds. The van der Waals surface area contributed by atoms with Crippen LogP contribution in [0.15, 0.2) is 36.4 Å². The molecule has 102 valence electrons. The number of amides is 1. The number of carbonyl (C=O) groups is 2. The van der Waals surface area contributed by atoms with Crippen LogP contribution in [-0.4, -0.2) is 16.6 Å². The average Bonchev–Trinajstić information content (AvgIpc) is 2.89. The zero-order valence-electron chi connectivity index (χ0n) is 10.5. The second-order valence-corrected chi connectivity index (χ2v) is 5.04. The Morgan fingerprint density at radius 2 is 1.80 bits per heavy atom. The monoisotopic (exact) mass is 290 g/mol. The summed E-state index contributed by atoms with van der Waals surface area (Å²) < 4.78 is 0. The molecule has 0 radical (unpaired) electrons. The van der Waals surface area contributed by atoms with E-state index in [4.69, 9.17) is 0 Å². The molecule has 1 aromatic carbocycles. The number of hydrogen-bond acceptors (Lipinski definition) is 5. The number of thiophene rings is 1. The van der Waals surface area contributed by atoms with E-state index in [9.17, 15) is 19.7 Å². The fraction of sp³-hybridized carbons (Fsp3) is 0.0769. The van der Waals surface area contributed by atoms with Crippen molar-refractivity contribution in [3.8, 4) is 0 Å². The highest BCUT2D eigenvalue weighted by atomic mass is 32.1. The highest BCUT2D eigenvalue weighted by molar-refractivity contribution is 7.17. The van der Waals surface area contributed by atoms with Gasteiger partial charge in [-0.05, 0) is 37.3 Å². The number of anilines is 1. The van der Waals surface area contributed by atoms with Crippen molar-refractivity contribution in [2.24, 2.45) is 0 Å². The predicted molar refractivity (Wildman–Crippen MR) is 75.4 cm³/mol. The van der Waals surface area contributed by atoms with Crippen molar-refractivity contribution in [1.82, 2.24) is 0 Å². The molecular weight excluding hydrogens is 280 g/mol. The first-order valence-electron chi connectivity index (χ1n) is 5.64. The maximum atomic E-state index is 11.9. The van der Waals surface area contributed by atoms with Crippen molar-refractivity contribution in [3.05, 3.63) is 57.0 Å². The van der Waals surface area contributed by atoms with E-state index in [1.54, 1.807) is 24.3 Å². The van der Waals surface area contributed by atoms with Gasteiger partial charge in [0.15, 0.2) is 5.78 Å². The van der Waals surface area contributed by atoms with Gasteiger partial charge in [-0.3, -0.25) is 19.7 Å². The summed E-state index contributed by atoms with van der Waals surface area (Å²) >= 11 is 0.811. The zero-order valence-corrected chi connectivity index (χ0v) is 11.3. The summed E-state index contributed by atoms with van der Waals surface area (Å²) in [5.41, 5.74) is 1.07. The van der Waals surface area contributed by atoms with Gasteiger partial charge in [0.1, 0.15) is 0 Å². The molecule has 0 aliphatic heterocycles. The average molecular weight is 290 g/mol. The van der Waals surface area contributed by atoms with Crippen molar-refractivity contribution in [2.75, 3.05) is 5.32 Å². The molecule has 20 heavy (non-hydrogen) atoms. The van der Waals surface area contributed by atoms with Crippen molar-refractivity contribution in [3.63, 3.8) is 0 Å². The Morgan fingerprint density at radius 3 is 2.30 bits per heavy atom. The van der Waals surface area contributed by atoms with Crippen molar-refractivity contribution in [1.29, 1.82) is 0 Å². The number of Topliss-reactive ketones (excluding diaryl/α,β-unsaturated/α-hetero) is 1. The fourth-order valence-corrected chi connectivity index (χ4v) is 2.24. The number of nitrogens with one attached hydrogen (secondary N) is 1. The third-order valence-electron chi connectivity index (χ3n) is 2.54. The number of nitro groups is 1. The maximum Gasteiger partial charge on any atom is 0.324 e. The van der Waals surface area contributed by atoms with Gasteiger partial charge in [0.25, 0.3) is 5.91 Å². The van der Waals surface area contributed by atoms with Gasteiger partial charge in [0.2, 0.25) is 0 Å². The van der Waals surface area contributed by atoms with Crippen molar-refractivity contribution < 1.29 is 14.5 Å². The molecule has 0 bridgehead atoms. The van der Waals surface area contributed by atoms with Crippen LogP contribution in [-0.2, 0) is 0 Å². The lowest BCUT2D eigenvalue weighted by atomic mass is 10.1. The summed E-state index contributed by atoms with van der Waals surface area (Å²) in [5.74, 6) is -0.476. The predicted octanol–water partition coefficient (Wildman–Crippen LogP) is 3.11. The molecule has 0 aliphatic carbocycles. The third kappa shape index (κ3) is 3.07. The summed E-state index contributed by atoms with van der Waals surface area (Å²) in [4.78, 5) is 33.3. The Balaban J connectivity index is 2.10. The Labute approximate surface area is 118 Å². The fourth-order valence-electron chi connectivity index (χ4n) is 1.53. The van der Waals surface area contributed by atoms with Gasteiger partial charge in [0, 0.05) is 17.3 Å². The number of ketones is 1. The van der Waals surface area contributed by atoms with Gasteiger partial charge < -0.3 is 5.32 Å². The van der Waals surface area contributed by atoms with Gasteiger partial charge in [0.05, 0.1) is 9.80 Å². The summed E-state index contributed by atoms with van der Waals surface area (Å²) in [6.45, 7) is 1.46. The van der Waals surface area contributed by atoms with Gasteiger partial charge in [-0.25, -0.2) is 0 Å². The molecule has 0 aliphatic rings. The Kier molecular flexibility index (Phi) is 3.90. The van der Waals surface area contributed by atoms with E-state index in [-0.39, 0.29) is 15.7 Å². The molecule has 6 nitrogen and oxygen atoms in total. The number of carbonyl (C=O) groups excluding carboxylic acids is 2. The summed E-state index contributed by atoms with van der Waals surface area (Å²) in [5, 5.41) is 13.1. The minimum absolute atomic E-state index is 0.0586. The smallest absolute Gasteiger partial charge is 0.321 e. The van der Waals surface area contributed by atoms with Gasteiger partial charge in [-0.2, -0.15) is 0 Å². The van der Waals surface area contributed by atoms with Gasteiger partial charge >= 0.3 is 5.00 Å². The SMILES string of the molecule is CC(=O)c1ccc(NC(=O)c2ccc([N+](=O)[O-])s2)cc1. The quantitative estimate of drug-likeness (QED) is 0.532. The largest absolute Gasteiger partial charge is 0.324 e. The van der Waals surface area contributed by atoms with E-state index >= 15 is 0 Å². The normalized spacial score (nSPS) is 10.1. The molecule has 2 rings (SSSR count). The van der Waals surface area contributed by atoms with E-state index in [0.717, 1.165) is 11.3 Å². The van der Waals surface area contributed by atoms with Crippen LogP contribution < -0.4 is 5.32 Å². The molecule has 0 fully saturated rings. The molecule has 0 saturated carbocycles. The second kappa shape index (κ2) is 5.62. The minimum Gasteiger partial charge on any atom is -0.321 e. The number of hydrogen-bond donors (Lipinski definition) is 1. The highest BCUT2D eigenvalue weighted by Gasteiger charge is 2.15. The van der Waals surface area contributed by atoms with E-state index in [2.05, 4.69) is 5.32 Å². The van der Waals surface area contributed by atoms with Gasteiger partial charge in [-0.15, -0.1) is 0 Å². The molecule has 1 aromatic heterocycles. The molecule has 1 heterocycles. The Morgan fingerprint density at radius 1 is 1.15 bits per heavy atom. The van der Waals surface area contributed by atoms with Crippen LogP contribution in [0, 0.1) is 10.1 Å². The van der Waals surface area contributed by atoms with Crippen LogP contribution in [0.3, 0.4) is 0 Å². The molecule has 2 aromatic rings. The molecule has 0 atom stereocenters. The lowest BCUT2D eigenvalue weighted by Gasteiger charge is -2.03. The number of rotatable bonds is 4. The zero-order chi connectivity index (χ0) is 14.7. The first-order chi connectivity index (χ1) is 9.47. The first-order valence-corrected chi connectivity index (χ1v) is 6.45. The first kappa shape index (κ1) is 13.9. The van der Waals surface area contributed by atoms with E-state index in [1.165, 1.54) is 19.1 Å². The van der Waals surface area contributed by atoms with Crippen LogP contribution in [0.1, 0.15) is 27.0 Å². The van der Waals surface area contributed by atoms with Crippen LogP contribution in [0.4, 0.5) is 10.7 Å². The van der Waals surface area contributed by atoms with Crippen LogP contribution in [0.2, 0.25) is 0 Å². The van der Waals surface area contributed by atoms with Crippen molar-refractivity contribution in [2.45, 2.75) is 6.92 Å². The summed E-state index contributed by atoms with van der Waals surface area (Å²) in [6.07, 6.45) is 0. The molecule has 0 unspecified atom stereocenters. The molecular formula is C13H10N2O4S. The Bertz CT molecular complexity index is 676. The summed E-state index contributed by atoms with van der Waals surface area (Å²) in [6, 6.07) is 9.12. The Hall–Kier alpha value is -2.54. The highest BCUT2D eigenvalue weighted by Crippen LogP contribution is 2.24. The molecule has 0 saturated heterocycles. The lowest BCUT2D eigenvalue weighted by molar-refractivity contribution is -0.380.